The average molecular weight is 249 g/mol. The van der Waals surface area contributed by atoms with Crippen LogP contribution in [0.3, 0.4) is 0 Å². The van der Waals surface area contributed by atoms with Crippen LogP contribution < -0.4 is 10.6 Å². The second-order valence-electron chi connectivity index (χ2n) is 5.55. The second-order valence-corrected chi connectivity index (χ2v) is 5.55. The van der Waals surface area contributed by atoms with E-state index in [2.05, 4.69) is 33.6 Å². The number of aromatic nitrogens is 2. The number of nitrogens with zero attached hydrogens (tertiary/aromatic N) is 4. The highest BCUT2D eigenvalue weighted by Gasteiger charge is 2.29. The Morgan fingerprint density at radius 2 is 1.72 bits per heavy atom. The summed E-state index contributed by atoms with van der Waals surface area (Å²) in [4.78, 5) is 13.4. The number of hydrogen-bond acceptors (Lipinski definition) is 5. The highest BCUT2D eigenvalue weighted by molar-refractivity contribution is 5.30. The molecule has 0 spiro atoms. The van der Waals surface area contributed by atoms with Crippen LogP contribution in [0.1, 0.15) is 19.4 Å². The molecule has 1 aromatic heterocycles. The Morgan fingerprint density at radius 1 is 1.17 bits per heavy atom. The summed E-state index contributed by atoms with van der Waals surface area (Å²) in [5, 5.41) is 0. The van der Waals surface area contributed by atoms with Gasteiger partial charge in [0, 0.05) is 50.7 Å². The summed E-state index contributed by atoms with van der Waals surface area (Å²) in [6.45, 7) is 11.1. The quantitative estimate of drug-likeness (QED) is 0.852. The van der Waals surface area contributed by atoms with E-state index in [0.29, 0.717) is 6.54 Å². The molecule has 1 fully saturated rings. The zero-order valence-electron chi connectivity index (χ0n) is 11.6. The van der Waals surface area contributed by atoms with E-state index < -0.39 is 0 Å². The highest BCUT2D eigenvalue weighted by Crippen LogP contribution is 2.17. The molecular weight excluding hydrogens is 226 g/mol. The molecule has 18 heavy (non-hydrogen) atoms. The predicted octanol–water partition coefficient (Wildman–Crippen LogP) is 0.644. The molecule has 0 aromatic carbocycles. The normalized spacial score (nSPS) is 18.1. The van der Waals surface area contributed by atoms with Crippen LogP contribution in [0.2, 0.25) is 0 Å². The number of piperazine rings is 1. The maximum atomic E-state index is 5.82. The minimum atomic E-state index is 0.0836. The number of hydrogen-bond donors (Lipinski definition) is 1. The maximum absolute atomic E-state index is 5.82. The fraction of sp³-hybridized carbons (Fsp3) is 0.692. The number of nitrogens with two attached hydrogens (primary N) is 1. The van der Waals surface area contributed by atoms with E-state index in [1.807, 2.05) is 19.3 Å². The first-order chi connectivity index (χ1) is 8.53. The Balaban J connectivity index is 1.96. The lowest BCUT2D eigenvalue weighted by molar-refractivity contribution is 0.118. The van der Waals surface area contributed by atoms with Gasteiger partial charge in [-0.05, 0) is 26.3 Å². The predicted molar refractivity (Wildman–Crippen MR) is 73.7 cm³/mol. The summed E-state index contributed by atoms with van der Waals surface area (Å²) in [6.07, 6.45) is 3.75. The molecule has 5 nitrogen and oxygen atoms in total. The van der Waals surface area contributed by atoms with E-state index in [0.717, 1.165) is 37.7 Å². The van der Waals surface area contributed by atoms with Crippen molar-refractivity contribution < 1.29 is 0 Å². The molecule has 2 heterocycles. The van der Waals surface area contributed by atoms with E-state index in [4.69, 9.17) is 5.73 Å². The largest absolute Gasteiger partial charge is 0.338 e. The topological polar surface area (TPSA) is 58.3 Å². The molecule has 1 saturated heterocycles. The van der Waals surface area contributed by atoms with Gasteiger partial charge in [-0.1, -0.05) is 0 Å². The molecule has 0 radical (unpaired) electrons. The van der Waals surface area contributed by atoms with Crippen molar-refractivity contribution in [2.75, 3.05) is 37.6 Å². The molecule has 1 aliphatic heterocycles. The summed E-state index contributed by atoms with van der Waals surface area (Å²) in [5.41, 5.74) is 7.00. The Labute approximate surface area is 109 Å². The van der Waals surface area contributed by atoms with Crippen LogP contribution in [0.5, 0.6) is 0 Å². The SMILES string of the molecule is Cc1cnc(N2CCN(C(C)(C)CN)CC2)nc1. The monoisotopic (exact) mass is 249 g/mol. The van der Waals surface area contributed by atoms with Gasteiger partial charge in [0.2, 0.25) is 5.95 Å². The molecule has 5 heteroatoms. The van der Waals surface area contributed by atoms with Crippen LogP contribution in [0.4, 0.5) is 5.95 Å². The molecule has 1 aromatic rings. The van der Waals surface area contributed by atoms with Gasteiger partial charge in [0.05, 0.1) is 0 Å². The average Bonchev–Trinajstić information content (AvgIpc) is 2.40. The summed E-state index contributed by atoms with van der Waals surface area (Å²) >= 11 is 0. The lowest BCUT2D eigenvalue weighted by atomic mass is 10.0. The van der Waals surface area contributed by atoms with Gasteiger partial charge >= 0.3 is 0 Å². The molecule has 0 unspecified atom stereocenters. The van der Waals surface area contributed by atoms with Crippen molar-refractivity contribution in [3.05, 3.63) is 18.0 Å². The lowest BCUT2D eigenvalue weighted by Crippen LogP contribution is -2.57. The summed E-state index contributed by atoms with van der Waals surface area (Å²) in [6, 6.07) is 0. The third-order valence-corrected chi connectivity index (χ3v) is 3.69. The molecule has 0 atom stereocenters. The summed E-state index contributed by atoms with van der Waals surface area (Å²) in [7, 11) is 0. The molecule has 0 amide bonds. The smallest absolute Gasteiger partial charge is 0.225 e. The molecule has 0 aliphatic carbocycles. The molecule has 100 valence electrons. The van der Waals surface area contributed by atoms with Gasteiger partial charge in [0.25, 0.3) is 0 Å². The molecule has 0 bridgehead atoms. The van der Waals surface area contributed by atoms with E-state index in [1.165, 1.54) is 0 Å². The molecular formula is C13H23N5. The van der Waals surface area contributed by atoms with Crippen molar-refractivity contribution in [3.63, 3.8) is 0 Å². The third kappa shape index (κ3) is 2.79. The number of anilines is 1. The Morgan fingerprint density at radius 3 is 2.22 bits per heavy atom. The fourth-order valence-corrected chi connectivity index (χ4v) is 2.19. The zero-order valence-corrected chi connectivity index (χ0v) is 11.6. The van der Waals surface area contributed by atoms with Gasteiger partial charge in [0.1, 0.15) is 0 Å². The number of aryl methyl sites for hydroxylation is 1. The minimum Gasteiger partial charge on any atom is -0.338 e. The van der Waals surface area contributed by atoms with Crippen molar-refractivity contribution >= 4 is 5.95 Å². The van der Waals surface area contributed by atoms with Crippen LogP contribution >= 0.6 is 0 Å². The van der Waals surface area contributed by atoms with E-state index in [9.17, 15) is 0 Å². The van der Waals surface area contributed by atoms with E-state index >= 15 is 0 Å². The molecule has 1 aliphatic rings. The summed E-state index contributed by atoms with van der Waals surface area (Å²) < 4.78 is 0. The first-order valence-electron chi connectivity index (χ1n) is 6.51. The van der Waals surface area contributed by atoms with Gasteiger partial charge in [-0.15, -0.1) is 0 Å². The van der Waals surface area contributed by atoms with Gasteiger partial charge in [-0.25, -0.2) is 9.97 Å². The second kappa shape index (κ2) is 5.20. The minimum absolute atomic E-state index is 0.0836. The van der Waals surface area contributed by atoms with Crippen molar-refractivity contribution in [2.24, 2.45) is 5.73 Å². The van der Waals surface area contributed by atoms with Crippen LogP contribution in [0.25, 0.3) is 0 Å². The van der Waals surface area contributed by atoms with Crippen molar-refractivity contribution in [2.45, 2.75) is 26.3 Å². The molecule has 2 N–H and O–H groups in total. The molecule has 2 rings (SSSR count). The van der Waals surface area contributed by atoms with Crippen LogP contribution in [0.15, 0.2) is 12.4 Å². The Kier molecular flexibility index (Phi) is 3.82. The van der Waals surface area contributed by atoms with Gasteiger partial charge in [-0.2, -0.15) is 0 Å². The Bertz CT molecular complexity index is 379. The summed E-state index contributed by atoms with van der Waals surface area (Å²) in [5.74, 6) is 0.839. The lowest BCUT2D eigenvalue weighted by Gasteiger charge is -2.43. The number of rotatable bonds is 3. The van der Waals surface area contributed by atoms with Crippen LogP contribution in [0, 0.1) is 6.92 Å². The standard InChI is InChI=1S/C13H23N5/c1-11-8-15-12(16-9-11)17-4-6-18(7-5-17)13(2,3)10-14/h8-9H,4-7,10,14H2,1-3H3. The van der Waals surface area contributed by atoms with E-state index in [1.54, 1.807) is 0 Å². The van der Waals surface area contributed by atoms with Crippen LogP contribution in [-0.2, 0) is 0 Å². The van der Waals surface area contributed by atoms with Crippen LogP contribution in [-0.4, -0.2) is 53.1 Å². The fourth-order valence-electron chi connectivity index (χ4n) is 2.19. The Hall–Kier alpha value is -1.20. The highest BCUT2D eigenvalue weighted by atomic mass is 15.3. The van der Waals surface area contributed by atoms with Crippen molar-refractivity contribution in [1.29, 1.82) is 0 Å². The first-order valence-corrected chi connectivity index (χ1v) is 6.51. The van der Waals surface area contributed by atoms with Gasteiger partial charge in [-0.3, -0.25) is 4.90 Å². The van der Waals surface area contributed by atoms with E-state index in [-0.39, 0.29) is 5.54 Å². The van der Waals surface area contributed by atoms with Crippen molar-refractivity contribution in [1.82, 2.24) is 14.9 Å². The van der Waals surface area contributed by atoms with Gasteiger partial charge < -0.3 is 10.6 Å². The molecule has 0 saturated carbocycles. The first kappa shape index (κ1) is 13.2. The van der Waals surface area contributed by atoms with Crippen molar-refractivity contribution in [3.8, 4) is 0 Å². The zero-order chi connectivity index (χ0) is 13.2. The maximum Gasteiger partial charge on any atom is 0.225 e. The third-order valence-electron chi connectivity index (χ3n) is 3.69. The van der Waals surface area contributed by atoms with Gasteiger partial charge in [0.15, 0.2) is 0 Å².